The van der Waals surface area contributed by atoms with Gasteiger partial charge in [0.25, 0.3) is 11.8 Å². The second kappa shape index (κ2) is 8.57. The van der Waals surface area contributed by atoms with Gasteiger partial charge in [-0.2, -0.15) is 4.98 Å². The molecule has 0 aromatic carbocycles. The van der Waals surface area contributed by atoms with Gasteiger partial charge in [-0.15, -0.1) is 23.7 Å². The van der Waals surface area contributed by atoms with Crippen LogP contribution in [0.15, 0.2) is 40.5 Å². The van der Waals surface area contributed by atoms with Crippen LogP contribution in [-0.2, 0) is 0 Å². The van der Waals surface area contributed by atoms with Gasteiger partial charge in [0.1, 0.15) is 4.88 Å². The second-order valence-electron chi connectivity index (χ2n) is 6.01. The quantitative estimate of drug-likeness (QED) is 0.686. The van der Waals surface area contributed by atoms with Crippen molar-refractivity contribution in [3.05, 3.63) is 47.4 Å². The molecule has 1 amide bonds. The molecule has 4 heterocycles. The van der Waals surface area contributed by atoms with Gasteiger partial charge in [-0.1, -0.05) is 5.16 Å². The number of nitrogens with one attached hydrogen (secondary N) is 2. The summed E-state index contributed by atoms with van der Waals surface area (Å²) < 4.78 is 5.47. The number of carbonyl (C=O) groups is 1. The first-order chi connectivity index (χ1) is 12.7. The highest BCUT2D eigenvalue weighted by Crippen LogP contribution is 2.33. The van der Waals surface area contributed by atoms with Crippen LogP contribution in [0.2, 0.25) is 0 Å². The molecule has 1 saturated heterocycles. The molecule has 3 aromatic heterocycles. The first-order valence-corrected chi connectivity index (χ1v) is 9.14. The van der Waals surface area contributed by atoms with Crippen molar-refractivity contribution in [3.63, 3.8) is 0 Å². The average Bonchev–Trinajstić information content (AvgIpc) is 3.32. The van der Waals surface area contributed by atoms with Crippen LogP contribution in [0, 0.1) is 0 Å². The van der Waals surface area contributed by atoms with Gasteiger partial charge in [0, 0.05) is 37.6 Å². The standard InChI is InChI=1S/C17H18N6O2S.ClH/c1-23-8-7-19-10-13(23)15-21-17(25-22-15)14-12(4-9-26-14)20-16(24)11-2-5-18-6-3-11;/h2-6,9,13,19H,7-8,10H2,1H3,(H,20,24);1H. The molecule has 1 unspecified atom stereocenters. The smallest absolute Gasteiger partial charge is 0.270 e. The maximum atomic E-state index is 12.4. The zero-order valence-electron chi connectivity index (χ0n) is 14.6. The van der Waals surface area contributed by atoms with Crippen LogP contribution in [0.5, 0.6) is 0 Å². The lowest BCUT2D eigenvalue weighted by molar-refractivity contribution is 0.102. The molecule has 0 saturated carbocycles. The highest BCUT2D eigenvalue weighted by atomic mass is 35.5. The maximum absolute atomic E-state index is 12.4. The van der Waals surface area contributed by atoms with Crippen molar-refractivity contribution in [1.82, 2.24) is 25.3 Å². The predicted octanol–water partition coefficient (Wildman–Crippen LogP) is 2.44. The Hall–Kier alpha value is -2.33. The van der Waals surface area contributed by atoms with Crippen molar-refractivity contribution in [3.8, 4) is 10.8 Å². The van der Waals surface area contributed by atoms with Gasteiger partial charge in [-0.05, 0) is 30.6 Å². The third kappa shape index (κ3) is 4.16. The highest BCUT2D eigenvalue weighted by molar-refractivity contribution is 7.14. The fourth-order valence-corrected chi connectivity index (χ4v) is 3.60. The number of nitrogens with zero attached hydrogens (tertiary/aromatic N) is 4. The number of hydrogen-bond acceptors (Lipinski definition) is 8. The van der Waals surface area contributed by atoms with Crippen LogP contribution in [0.3, 0.4) is 0 Å². The molecule has 10 heteroatoms. The van der Waals surface area contributed by atoms with E-state index < -0.39 is 0 Å². The molecule has 1 atom stereocenters. The number of rotatable bonds is 4. The summed E-state index contributed by atoms with van der Waals surface area (Å²) in [4.78, 5) is 23.8. The Morgan fingerprint density at radius 1 is 1.37 bits per heavy atom. The number of hydrogen-bond donors (Lipinski definition) is 2. The summed E-state index contributed by atoms with van der Waals surface area (Å²) in [6, 6.07) is 5.24. The van der Waals surface area contributed by atoms with Gasteiger partial charge in [0.15, 0.2) is 5.82 Å². The predicted molar refractivity (Wildman–Crippen MR) is 105 cm³/mol. The minimum Gasteiger partial charge on any atom is -0.333 e. The first kappa shape index (κ1) is 19.4. The first-order valence-electron chi connectivity index (χ1n) is 8.26. The lowest BCUT2D eigenvalue weighted by Gasteiger charge is -2.30. The molecular weight excluding hydrogens is 388 g/mol. The van der Waals surface area contributed by atoms with Crippen molar-refractivity contribution >= 4 is 35.3 Å². The SMILES string of the molecule is CN1CCNCC1c1noc(-c2sccc2NC(=O)c2ccncc2)n1.Cl. The number of piperazine rings is 1. The Morgan fingerprint density at radius 3 is 2.96 bits per heavy atom. The van der Waals surface area contributed by atoms with Gasteiger partial charge in [-0.25, -0.2) is 0 Å². The normalized spacial score (nSPS) is 17.3. The summed E-state index contributed by atoms with van der Waals surface area (Å²) in [5.74, 6) is 0.858. The van der Waals surface area contributed by atoms with Gasteiger partial charge < -0.3 is 15.2 Å². The average molecular weight is 407 g/mol. The highest BCUT2D eigenvalue weighted by Gasteiger charge is 2.26. The number of aromatic nitrogens is 3. The zero-order valence-corrected chi connectivity index (χ0v) is 16.2. The van der Waals surface area contributed by atoms with E-state index in [1.165, 1.54) is 11.3 Å². The zero-order chi connectivity index (χ0) is 17.9. The van der Waals surface area contributed by atoms with Crippen LogP contribution < -0.4 is 10.6 Å². The number of pyridine rings is 1. The van der Waals surface area contributed by atoms with E-state index in [0.29, 0.717) is 23.0 Å². The second-order valence-corrected chi connectivity index (χ2v) is 6.93. The van der Waals surface area contributed by atoms with Gasteiger partial charge >= 0.3 is 0 Å². The lowest BCUT2D eigenvalue weighted by Crippen LogP contribution is -2.44. The van der Waals surface area contributed by atoms with Gasteiger partial charge in [-0.3, -0.25) is 14.7 Å². The Kier molecular flexibility index (Phi) is 6.17. The fraction of sp³-hybridized carbons (Fsp3) is 0.294. The summed E-state index contributed by atoms with van der Waals surface area (Å²) in [6.07, 6.45) is 3.17. The topological polar surface area (TPSA) is 96.2 Å². The van der Waals surface area contributed by atoms with E-state index in [2.05, 4.69) is 30.7 Å². The van der Waals surface area contributed by atoms with E-state index in [-0.39, 0.29) is 24.4 Å². The molecule has 8 nitrogen and oxygen atoms in total. The van der Waals surface area contributed by atoms with Crippen LogP contribution in [-0.4, -0.2) is 52.6 Å². The molecule has 142 valence electrons. The molecule has 1 aliphatic rings. The molecule has 2 N–H and O–H groups in total. The number of halogens is 1. The maximum Gasteiger partial charge on any atom is 0.270 e. The largest absolute Gasteiger partial charge is 0.333 e. The molecule has 0 aliphatic carbocycles. The fourth-order valence-electron chi connectivity index (χ4n) is 2.83. The Morgan fingerprint density at radius 2 is 2.19 bits per heavy atom. The van der Waals surface area contributed by atoms with E-state index in [4.69, 9.17) is 4.52 Å². The minimum atomic E-state index is -0.206. The molecule has 1 aliphatic heterocycles. The van der Waals surface area contributed by atoms with E-state index in [0.717, 1.165) is 24.5 Å². The van der Waals surface area contributed by atoms with Gasteiger partial charge in [0.2, 0.25) is 0 Å². The summed E-state index contributed by atoms with van der Waals surface area (Å²) in [5, 5.41) is 12.3. The number of amides is 1. The monoisotopic (exact) mass is 406 g/mol. The van der Waals surface area contributed by atoms with Crippen LogP contribution >= 0.6 is 23.7 Å². The number of anilines is 1. The summed E-state index contributed by atoms with van der Waals surface area (Å²) >= 11 is 1.45. The van der Waals surface area contributed by atoms with Crippen molar-refractivity contribution in [2.75, 3.05) is 32.0 Å². The Labute approximate surface area is 166 Å². The third-order valence-corrected chi connectivity index (χ3v) is 5.20. The lowest BCUT2D eigenvalue weighted by atomic mass is 10.2. The molecule has 27 heavy (non-hydrogen) atoms. The minimum absolute atomic E-state index is 0. The number of likely N-dealkylation sites (N-methyl/N-ethyl adjacent to an activating group) is 1. The van der Waals surface area contributed by atoms with Crippen molar-refractivity contribution in [2.45, 2.75) is 6.04 Å². The number of carbonyl (C=O) groups excluding carboxylic acids is 1. The molecule has 0 radical (unpaired) electrons. The molecule has 4 rings (SSSR count). The van der Waals surface area contributed by atoms with Crippen LogP contribution in [0.25, 0.3) is 10.8 Å². The Bertz CT molecular complexity index is 900. The summed E-state index contributed by atoms with van der Waals surface area (Å²) in [7, 11) is 2.05. The van der Waals surface area contributed by atoms with Crippen molar-refractivity contribution < 1.29 is 9.32 Å². The summed E-state index contributed by atoms with van der Waals surface area (Å²) in [6.45, 7) is 2.67. The third-order valence-electron chi connectivity index (χ3n) is 4.30. The molecule has 0 bridgehead atoms. The molecule has 3 aromatic rings. The molecular formula is C17H19ClN6O2S. The van der Waals surface area contributed by atoms with Crippen molar-refractivity contribution in [2.24, 2.45) is 0 Å². The molecule has 0 spiro atoms. The van der Waals surface area contributed by atoms with E-state index >= 15 is 0 Å². The van der Waals surface area contributed by atoms with Crippen LogP contribution in [0.4, 0.5) is 5.69 Å². The van der Waals surface area contributed by atoms with Crippen LogP contribution in [0.1, 0.15) is 22.2 Å². The van der Waals surface area contributed by atoms with Gasteiger partial charge in [0.05, 0.1) is 11.7 Å². The van der Waals surface area contributed by atoms with E-state index in [1.807, 2.05) is 18.5 Å². The van der Waals surface area contributed by atoms with Crippen molar-refractivity contribution in [1.29, 1.82) is 0 Å². The van der Waals surface area contributed by atoms with E-state index in [1.54, 1.807) is 24.5 Å². The van der Waals surface area contributed by atoms with E-state index in [9.17, 15) is 4.79 Å². The number of thiophene rings is 1. The Balaban J connectivity index is 0.00000210. The summed E-state index contributed by atoms with van der Waals surface area (Å²) in [5.41, 5.74) is 1.19. The molecule has 1 fully saturated rings.